The number of halogens is 1. The number of benzene rings is 1. The van der Waals surface area contributed by atoms with Gasteiger partial charge in [0.15, 0.2) is 5.15 Å². The molecule has 0 bridgehead atoms. The first-order chi connectivity index (χ1) is 7.81. The van der Waals surface area contributed by atoms with E-state index in [4.69, 9.17) is 11.6 Å². The fourth-order valence-electron chi connectivity index (χ4n) is 1.70. The standard InChI is InChI=1S/C13H13ClN2/c1-2-6-11-9-12(14)15-16-13(11)10-7-4-3-5-8-10/h3-5,7-9H,2,6H2,1H3. The molecule has 2 aromatic rings. The average Bonchev–Trinajstić information content (AvgIpc) is 2.31. The van der Waals surface area contributed by atoms with Crippen molar-refractivity contribution in [3.8, 4) is 11.3 Å². The van der Waals surface area contributed by atoms with Crippen LogP contribution in [-0.2, 0) is 6.42 Å². The van der Waals surface area contributed by atoms with Gasteiger partial charge in [0.25, 0.3) is 0 Å². The minimum atomic E-state index is 0.461. The van der Waals surface area contributed by atoms with Crippen LogP contribution in [0.3, 0.4) is 0 Å². The second kappa shape index (κ2) is 5.08. The van der Waals surface area contributed by atoms with Crippen LogP contribution in [0.5, 0.6) is 0 Å². The summed E-state index contributed by atoms with van der Waals surface area (Å²) in [7, 11) is 0. The summed E-state index contributed by atoms with van der Waals surface area (Å²) in [5, 5.41) is 8.56. The van der Waals surface area contributed by atoms with Crippen molar-refractivity contribution >= 4 is 11.6 Å². The van der Waals surface area contributed by atoms with Gasteiger partial charge in [-0.25, -0.2) is 0 Å². The monoisotopic (exact) mass is 232 g/mol. The highest BCUT2D eigenvalue weighted by atomic mass is 35.5. The predicted molar refractivity (Wildman–Crippen MR) is 66.5 cm³/mol. The van der Waals surface area contributed by atoms with E-state index in [2.05, 4.69) is 17.1 Å². The van der Waals surface area contributed by atoms with Crippen LogP contribution in [0.25, 0.3) is 11.3 Å². The van der Waals surface area contributed by atoms with Crippen molar-refractivity contribution in [3.63, 3.8) is 0 Å². The molecule has 0 atom stereocenters. The van der Waals surface area contributed by atoms with E-state index in [1.165, 1.54) is 0 Å². The van der Waals surface area contributed by atoms with Gasteiger partial charge >= 0.3 is 0 Å². The van der Waals surface area contributed by atoms with Crippen LogP contribution < -0.4 is 0 Å². The third-order valence-corrected chi connectivity index (χ3v) is 2.59. The number of hydrogen-bond acceptors (Lipinski definition) is 2. The molecule has 16 heavy (non-hydrogen) atoms. The third kappa shape index (κ3) is 2.39. The summed E-state index contributed by atoms with van der Waals surface area (Å²) in [5.74, 6) is 0. The Labute approximate surface area is 100 Å². The largest absolute Gasteiger partial charge is 0.152 e. The first-order valence-corrected chi connectivity index (χ1v) is 5.76. The van der Waals surface area contributed by atoms with Crippen LogP contribution in [0, 0.1) is 0 Å². The maximum atomic E-state index is 5.87. The van der Waals surface area contributed by atoms with Crippen LogP contribution in [0.1, 0.15) is 18.9 Å². The van der Waals surface area contributed by atoms with E-state index in [0.717, 1.165) is 29.7 Å². The molecular formula is C13H13ClN2. The second-order valence-electron chi connectivity index (χ2n) is 3.66. The molecule has 0 unspecified atom stereocenters. The molecule has 82 valence electrons. The average molecular weight is 233 g/mol. The first-order valence-electron chi connectivity index (χ1n) is 5.38. The Morgan fingerprint density at radius 2 is 1.88 bits per heavy atom. The highest BCUT2D eigenvalue weighted by Gasteiger charge is 2.07. The molecule has 0 aliphatic heterocycles. The zero-order chi connectivity index (χ0) is 11.4. The van der Waals surface area contributed by atoms with E-state index in [1.54, 1.807) is 0 Å². The summed E-state index contributed by atoms with van der Waals surface area (Å²) in [6, 6.07) is 12.0. The van der Waals surface area contributed by atoms with Crippen LogP contribution >= 0.6 is 11.6 Å². The number of aryl methyl sites for hydroxylation is 1. The van der Waals surface area contributed by atoms with Gasteiger partial charge in [-0.05, 0) is 18.1 Å². The fourth-order valence-corrected chi connectivity index (χ4v) is 1.87. The normalized spacial score (nSPS) is 10.4. The molecule has 0 saturated heterocycles. The van der Waals surface area contributed by atoms with Crippen molar-refractivity contribution in [1.29, 1.82) is 0 Å². The summed E-state index contributed by atoms with van der Waals surface area (Å²) < 4.78 is 0. The van der Waals surface area contributed by atoms with Crippen LogP contribution in [0.4, 0.5) is 0 Å². The molecule has 0 aliphatic carbocycles. The molecule has 2 nitrogen and oxygen atoms in total. The minimum Gasteiger partial charge on any atom is -0.149 e. The molecule has 1 heterocycles. The molecule has 1 aromatic carbocycles. The van der Waals surface area contributed by atoms with Crippen LogP contribution in [0.15, 0.2) is 36.4 Å². The summed E-state index contributed by atoms with van der Waals surface area (Å²) in [6.45, 7) is 2.14. The van der Waals surface area contributed by atoms with Gasteiger partial charge in [0, 0.05) is 5.56 Å². The van der Waals surface area contributed by atoms with Crippen molar-refractivity contribution in [2.75, 3.05) is 0 Å². The Balaban J connectivity index is 2.48. The maximum Gasteiger partial charge on any atom is 0.152 e. The van der Waals surface area contributed by atoms with Gasteiger partial charge in [-0.15, -0.1) is 10.2 Å². The van der Waals surface area contributed by atoms with E-state index < -0.39 is 0 Å². The molecule has 0 aliphatic rings. The number of hydrogen-bond donors (Lipinski definition) is 0. The van der Waals surface area contributed by atoms with Gasteiger partial charge < -0.3 is 0 Å². The van der Waals surface area contributed by atoms with Gasteiger partial charge in [-0.1, -0.05) is 55.3 Å². The lowest BCUT2D eigenvalue weighted by molar-refractivity contribution is 0.897. The summed E-state index contributed by atoms with van der Waals surface area (Å²) in [6.07, 6.45) is 2.04. The third-order valence-electron chi connectivity index (χ3n) is 2.41. The van der Waals surface area contributed by atoms with Crippen LogP contribution in [0.2, 0.25) is 5.15 Å². The topological polar surface area (TPSA) is 25.8 Å². The molecule has 0 N–H and O–H groups in total. The van der Waals surface area contributed by atoms with Crippen molar-refractivity contribution in [3.05, 3.63) is 47.1 Å². The zero-order valence-electron chi connectivity index (χ0n) is 9.15. The second-order valence-corrected chi connectivity index (χ2v) is 4.04. The number of rotatable bonds is 3. The Morgan fingerprint density at radius 1 is 1.12 bits per heavy atom. The van der Waals surface area contributed by atoms with Gasteiger partial charge in [-0.2, -0.15) is 0 Å². The summed E-state index contributed by atoms with van der Waals surface area (Å²) in [4.78, 5) is 0. The van der Waals surface area contributed by atoms with Gasteiger partial charge in [-0.3, -0.25) is 0 Å². The SMILES string of the molecule is CCCc1cc(Cl)nnc1-c1ccccc1. The smallest absolute Gasteiger partial charge is 0.149 e. The molecule has 3 heteroatoms. The van der Waals surface area contributed by atoms with E-state index in [-0.39, 0.29) is 0 Å². The highest BCUT2D eigenvalue weighted by molar-refractivity contribution is 6.29. The molecule has 0 fully saturated rings. The van der Waals surface area contributed by atoms with E-state index >= 15 is 0 Å². The summed E-state index contributed by atoms with van der Waals surface area (Å²) in [5.41, 5.74) is 3.19. The van der Waals surface area contributed by atoms with E-state index in [0.29, 0.717) is 5.15 Å². The quantitative estimate of drug-likeness (QED) is 0.806. The zero-order valence-corrected chi connectivity index (χ0v) is 9.91. The molecule has 2 rings (SSSR count). The lowest BCUT2D eigenvalue weighted by atomic mass is 10.0. The first kappa shape index (κ1) is 11.1. The van der Waals surface area contributed by atoms with E-state index in [1.807, 2.05) is 36.4 Å². The van der Waals surface area contributed by atoms with Crippen molar-refractivity contribution in [1.82, 2.24) is 10.2 Å². The Morgan fingerprint density at radius 3 is 2.56 bits per heavy atom. The fraction of sp³-hybridized carbons (Fsp3) is 0.231. The lowest BCUT2D eigenvalue weighted by Crippen LogP contribution is -1.96. The van der Waals surface area contributed by atoms with Gasteiger partial charge in [0.2, 0.25) is 0 Å². The van der Waals surface area contributed by atoms with E-state index in [9.17, 15) is 0 Å². The van der Waals surface area contributed by atoms with Crippen molar-refractivity contribution in [2.24, 2.45) is 0 Å². The van der Waals surface area contributed by atoms with Gasteiger partial charge in [0.1, 0.15) is 0 Å². The lowest BCUT2D eigenvalue weighted by Gasteiger charge is -2.06. The molecular weight excluding hydrogens is 220 g/mol. The number of nitrogens with zero attached hydrogens (tertiary/aromatic N) is 2. The number of aromatic nitrogens is 2. The van der Waals surface area contributed by atoms with Crippen LogP contribution in [-0.4, -0.2) is 10.2 Å². The molecule has 0 saturated carbocycles. The maximum absolute atomic E-state index is 5.87. The molecule has 0 spiro atoms. The van der Waals surface area contributed by atoms with Crippen molar-refractivity contribution < 1.29 is 0 Å². The highest BCUT2D eigenvalue weighted by Crippen LogP contribution is 2.23. The Kier molecular flexibility index (Phi) is 3.52. The minimum absolute atomic E-state index is 0.461. The molecule has 1 aromatic heterocycles. The van der Waals surface area contributed by atoms with Crippen molar-refractivity contribution in [2.45, 2.75) is 19.8 Å². The molecule has 0 radical (unpaired) electrons. The Hall–Kier alpha value is -1.41. The Bertz CT molecular complexity index is 469. The summed E-state index contributed by atoms with van der Waals surface area (Å²) >= 11 is 5.87. The molecule has 0 amide bonds. The van der Waals surface area contributed by atoms with Gasteiger partial charge in [0.05, 0.1) is 5.69 Å². The predicted octanol–water partition coefficient (Wildman–Crippen LogP) is 3.75.